The number of hydrogen-bond donors (Lipinski definition) is 1. The molecule has 3 rings (SSSR count). The molecule has 0 saturated heterocycles. The number of halogens is 1. The Hall–Kier alpha value is -4.52. The highest BCUT2D eigenvalue weighted by atomic mass is 32.2. The van der Waals surface area contributed by atoms with E-state index in [9.17, 15) is 22.9 Å². The highest BCUT2D eigenvalue weighted by molar-refractivity contribution is 7.92. The van der Waals surface area contributed by atoms with E-state index in [0.29, 0.717) is 22.8 Å². The van der Waals surface area contributed by atoms with Gasteiger partial charge in [-0.15, -0.1) is 0 Å². The van der Waals surface area contributed by atoms with E-state index in [0.717, 1.165) is 24.3 Å². The number of nitrogens with zero attached hydrogens (tertiary/aromatic N) is 1. The Morgan fingerprint density at radius 1 is 0.816 bits per heavy atom. The molecule has 202 valence electrons. The minimum absolute atomic E-state index is 0.119. The standard InChI is InChI=1S/C25H25FN2O9S/c1-33-20-11-9-17(14-19(20)28(29)30)38(31,32)27-23-16(8-10-18(26)24(23)36-4)7-6-15-12-21(34-2)25(37-5)22(13-15)35-3/h6-14,27H,1-5H3. The van der Waals surface area contributed by atoms with Crippen LogP contribution in [-0.4, -0.2) is 48.9 Å². The van der Waals surface area contributed by atoms with Crippen molar-refractivity contribution in [1.29, 1.82) is 0 Å². The van der Waals surface area contributed by atoms with E-state index in [1.54, 1.807) is 18.2 Å². The molecule has 1 N–H and O–H groups in total. The number of sulfonamides is 1. The first-order valence-corrected chi connectivity index (χ1v) is 12.3. The smallest absolute Gasteiger partial charge is 0.312 e. The average molecular weight is 549 g/mol. The number of benzene rings is 3. The Bertz CT molecular complexity index is 1470. The van der Waals surface area contributed by atoms with Crippen molar-refractivity contribution in [2.45, 2.75) is 4.90 Å². The Kier molecular flexibility index (Phi) is 8.63. The zero-order chi connectivity index (χ0) is 28.0. The maximum atomic E-state index is 14.6. The normalized spacial score (nSPS) is 11.2. The zero-order valence-corrected chi connectivity index (χ0v) is 21.9. The lowest BCUT2D eigenvalue weighted by molar-refractivity contribution is -0.386. The van der Waals surface area contributed by atoms with E-state index in [2.05, 4.69) is 4.72 Å². The third-order valence-corrected chi connectivity index (χ3v) is 6.73. The SMILES string of the molecule is COc1ccc(S(=O)(=O)Nc2c(C=Cc3cc(OC)c(OC)c(OC)c3)ccc(F)c2OC)cc1[N+](=O)[O-]. The van der Waals surface area contributed by atoms with E-state index in [1.807, 2.05) is 0 Å². The Morgan fingerprint density at radius 3 is 1.95 bits per heavy atom. The first-order chi connectivity index (χ1) is 18.1. The molecule has 0 spiro atoms. The van der Waals surface area contributed by atoms with Gasteiger partial charge in [0.2, 0.25) is 5.75 Å². The van der Waals surface area contributed by atoms with E-state index in [-0.39, 0.29) is 22.7 Å². The van der Waals surface area contributed by atoms with E-state index >= 15 is 0 Å². The Balaban J connectivity index is 2.10. The fraction of sp³-hybridized carbons (Fsp3) is 0.200. The van der Waals surface area contributed by atoms with Crippen molar-refractivity contribution in [2.75, 3.05) is 40.3 Å². The molecular formula is C25H25FN2O9S. The summed E-state index contributed by atoms with van der Waals surface area (Å²) in [5.74, 6) is -0.140. The molecule has 0 bridgehead atoms. The van der Waals surface area contributed by atoms with Crippen LogP contribution < -0.4 is 28.4 Å². The fourth-order valence-corrected chi connectivity index (χ4v) is 4.68. The summed E-state index contributed by atoms with van der Waals surface area (Å²) in [6.07, 6.45) is 3.14. The predicted molar refractivity (Wildman–Crippen MR) is 138 cm³/mol. The summed E-state index contributed by atoms with van der Waals surface area (Å²) >= 11 is 0. The predicted octanol–water partition coefficient (Wildman–Crippen LogP) is 4.75. The average Bonchev–Trinajstić information content (AvgIpc) is 2.91. The molecule has 0 aliphatic rings. The summed E-state index contributed by atoms with van der Waals surface area (Å²) in [5, 5.41) is 11.4. The van der Waals surface area contributed by atoms with Crippen LogP contribution in [0.5, 0.6) is 28.7 Å². The van der Waals surface area contributed by atoms with E-state index in [1.165, 1.54) is 47.7 Å². The topological polar surface area (TPSA) is 135 Å². The summed E-state index contributed by atoms with van der Waals surface area (Å²) < 4.78 is 69.3. The lowest BCUT2D eigenvalue weighted by atomic mass is 10.1. The molecule has 13 heteroatoms. The lowest BCUT2D eigenvalue weighted by Crippen LogP contribution is -2.15. The van der Waals surface area contributed by atoms with Crippen LogP contribution in [0.2, 0.25) is 0 Å². The molecule has 0 amide bonds. The minimum atomic E-state index is -4.43. The number of nitro groups is 1. The molecule has 0 aliphatic carbocycles. The van der Waals surface area contributed by atoms with Crippen molar-refractivity contribution in [3.05, 3.63) is 69.5 Å². The summed E-state index contributed by atoms with van der Waals surface area (Å²) in [5.41, 5.74) is 0.0738. The third kappa shape index (κ3) is 5.72. The number of methoxy groups -OCH3 is 5. The lowest BCUT2D eigenvalue weighted by Gasteiger charge is -2.16. The molecule has 3 aromatic carbocycles. The van der Waals surface area contributed by atoms with Gasteiger partial charge in [0.05, 0.1) is 45.4 Å². The fourth-order valence-electron chi connectivity index (χ4n) is 3.57. The number of hydrogen-bond acceptors (Lipinski definition) is 9. The summed E-state index contributed by atoms with van der Waals surface area (Å²) in [6.45, 7) is 0. The highest BCUT2D eigenvalue weighted by Gasteiger charge is 2.25. The zero-order valence-electron chi connectivity index (χ0n) is 21.1. The quantitative estimate of drug-likeness (QED) is 0.205. The van der Waals surface area contributed by atoms with Gasteiger partial charge in [0, 0.05) is 11.6 Å². The molecule has 0 radical (unpaired) electrons. The van der Waals surface area contributed by atoms with Gasteiger partial charge in [0.1, 0.15) is 5.69 Å². The Morgan fingerprint density at radius 2 is 1.42 bits per heavy atom. The van der Waals surface area contributed by atoms with Gasteiger partial charge >= 0.3 is 5.69 Å². The van der Waals surface area contributed by atoms with Crippen molar-refractivity contribution in [3.8, 4) is 28.7 Å². The summed E-state index contributed by atoms with van der Waals surface area (Å²) in [4.78, 5) is 10.2. The molecule has 0 heterocycles. The largest absolute Gasteiger partial charge is 0.493 e. The minimum Gasteiger partial charge on any atom is -0.493 e. The van der Waals surface area contributed by atoms with Gasteiger partial charge in [0.15, 0.2) is 28.8 Å². The maximum Gasteiger partial charge on any atom is 0.312 e. The highest BCUT2D eigenvalue weighted by Crippen LogP contribution is 2.40. The molecule has 0 saturated carbocycles. The van der Waals surface area contributed by atoms with Crippen LogP contribution in [0, 0.1) is 15.9 Å². The van der Waals surface area contributed by atoms with Crippen molar-refractivity contribution >= 4 is 33.6 Å². The van der Waals surface area contributed by atoms with Crippen LogP contribution in [0.3, 0.4) is 0 Å². The number of nitrogens with one attached hydrogen (secondary N) is 1. The van der Waals surface area contributed by atoms with E-state index in [4.69, 9.17) is 23.7 Å². The molecule has 0 unspecified atom stereocenters. The van der Waals surface area contributed by atoms with Crippen LogP contribution in [0.25, 0.3) is 12.2 Å². The van der Waals surface area contributed by atoms with Gasteiger partial charge < -0.3 is 23.7 Å². The van der Waals surface area contributed by atoms with Crippen molar-refractivity contribution in [1.82, 2.24) is 0 Å². The summed E-state index contributed by atoms with van der Waals surface area (Å²) in [6, 6.07) is 8.92. The van der Waals surface area contributed by atoms with Gasteiger partial charge in [-0.3, -0.25) is 14.8 Å². The number of rotatable bonds is 11. The van der Waals surface area contributed by atoms with Crippen molar-refractivity contribution in [3.63, 3.8) is 0 Å². The third-order valence-electron chi connectivity index (χ3n) is 5.38. The van der Waals surface area contributed by atoms with E-state index < -0.39 is 31.3 Å². The van der Waals surface area contributed by atoms with Crippen LogP contribution in [0.4, 0.5) is 15.8 Å². The monoisotopic (exact) mass is 548 g/mol. The first-order valence-electron chi connectivity index (χ1n) is 10.8. The Labute approximate surface area is 218 Å². The van der Waals surface area contributed by atoms with Gasteiger partial charge in [0.25, 0.3) is 10.0 Å². The van der Waals surface area contributed by atoms with Crippen LogP contribution in [-0.2, 0) is 10.0 Å². The molecule has 0 atom stereocenters. The molecule has 0 aliphatic heterocycles. The number of anilines is 1. The molecular weight excluding hydrogens is 523 g/mol. The molecule has 0 fully saturated rings. The van der Waals surface area contributed by atoms with Crippen molar-refractivity contribution in [2.24, 2.45) is 0 Å². The summed E-state index contributed by atoms with van der Waals surface area (Å²) in [7, 11) is 2.37. The molecule has 3 aromatic rings. The second-order valence-corrected chi connectivity index (χ2v) is 9.22. The van der Waals surface area contributed by atoms with Gasteiger partial charge in [-0.2, -0.15) is 0 Å². The van der Waals surface area contributed by atoms with Crippen molar-refractivity contribution < 1.29 is 41.4 Å². The second kappa shape index (κ2) is 11.7. The molecule has 11 nitrogen and oxygen atoms in total. The van der Waals surface area contributed by atoms with Gasteiger partial charge in [-0.25, -0.2) is 12.8 Å². The first kappa shape index (κ1) is 28.1. The second-order valence-electron chi connectivity index (χ2n) is 7.53. The van der Waals surface area contributed by atoms with Gasteiger partial charge in [-0.1, -0.05) is 12.2 Å². The van der Waals surface area contributed by atoms with Crippen LogP contribution in [0.15, 0.2) is 47.4 Å². The van der Waals surface area contributed by atoms with Crippen LogP contribution in [0.1, 0.15) is 11.1 Å². The molecule has 0 aromatic heterocycles. The van der Waals surface area contributed by atoms with Crippen LogP contribution >= 0.6 is 0 Å². The number of nitro benzene ring substituents is 1. The molecule has 38 heavy (non-hydrogen) atoms. The van der Waals surface area contributed by atoms with Gasteiger partial charge in [-0.05, 0) is 42.0 Å². The number of ether oxygens (including phenoxy) is 5. The maximum absolute atomic E-state index is 14.6.